The fraction of sp³-hybridized carbons (Fsp3) is 0.550. The third-order valence-corrected chi connectivity index (χ3v) is 5.37. The summed E-state index contributed by atoms with van der Waals surface area (Å²) in [6, 6.07) is 2.92. The van der Waals surface area contributed by atoms with E-state index in [0.29, 0.717) is 31.6 Å². The summed E-state index contributed by atoms with van der Waals surface area (Å²) in [6.07, 6.45) is 1.41. The average Bonchev–Trinajstić information content (AvgIpc) is 2.56. The van der Waals surface area contributed by atoms with E-state index in [9.17, 15) is 14.3 Å². The van der Waals surface area contributed by atoms with E-state index in [1.165, 1.54) is 13.2 Å². The lowest BCUT2D eigenvalue weighted by Gasteiger charge is -2.44. The van der Waals surface area contributed by atoms with Crippen molar-refractivity contribution >= 4 is 5.78 Å². The first-order chi connectivity index (χ1) is 12.0. The fourth-order valence-electron chi connectivity index (χ4n) is 4.15. The lowest BCUT2D eigenvalue weighted by molar-refractivity contribution is -0.135. The van der Waals surface area contributed by atoms with Crippen LogP contribution < -0.4 is 4.74 Å². The molecule has 1 saturated heterocycles. The smallest absolute Gasteiger partial charge is 0.143 e. The van der Waals surface area contributed by atoms with Gasteiger partial charge in [0.1, 0.15) is 17.3 Å². The van der Waals surface area contributed by atoms with Crippen LogP contribution in [0.2, 0.25) is 0 Å². The van der Waals surface area contributed by atoms with Crippen LogP contribution in [0, 0.1) is 23.1 Å². The van der Waals surface area contributed by atoms with Gasteiger partial charge in [0, 0.05) is 30.8 Å². The Morgan fingerprint density at radius 3 is 2.68 bits per heavy atom. The van der Waals surface area contributed by atoms with Gasteiger partial charge in [-0.1, -0.05) is 5.92 Å². The molecule has 1 aromatic rings. The molecule has 1 saturated carbocycles. The number of aliphatic hydroxyl groups excluding tert-OH is 1. The Labute approximate surface area is 147 Å². The molecular formula is C20H23FO4. The average molecular weight is 346 g/mol. The summed E-state index contributed by atoms with van der Waals surface area (Å²) in [5, 5.41) is 10.7. The van der Waals surface area contributed by atoms with Gasteiger partial charge in [-0.05, 0) is 43.7 Å². The Hall–Kier alpha value is -1.90. The summed E-state index contributed by atoms with van der Waals surface area (Å²) in [7, 11) is 1.43. The molecule has 1 aliphatic heterocycles. The second kappa shape index (κ2) is 7.15. The molecular weight excluding hydrogens is 323 g/mol. The van der Waals surface area contributed by atoms with Crippen LogP contribution >= 0.6 is 0 Å². The maximum atomic E-state index is 14.8. The van der Waals surface area contributed by atoms with Crippen molar-refractivity contribution in [3.63, 3.8) is 0 Å². The van der Waals surface area contributed by atoms with E-state index in [1.807, 2.05) is 0 Å². The molecule has 1 spiro atoms. The molecule has 2 atom stereocenters. The van der Waals surface area contributed by atoms with Gasteiger partial charge < -0.3 is 14.6 Å². The zero-order chi connectivity index (χ0) is 18.0. The highest BCUT2D eigenvalue weighted by Crippen LogP contribution is 2.48. The van der Waals surface area contributed by atoms with Crippen molar-refractivity contribution in [2.75, 3.05) is 20.3 Å². The Balaban J connectivity index is 1.96. The monoisotopic (exact) mass is 346 g/mol. The van der Waals surface area contributed by atoms with Gasteiger partial charge in [0.15, 0.2) is 0 Å². The highest BCUT2D eigenvalue weighted by Gasteiger charge is 2.47. The van der Waals surface area contributed by atoms with Gasteiger partial charge in [-0.15, -0.1) is 5.92 Å². The third kappa shape index (κ3) is 3.42. The molecule has 2 aliphatic rings. The SMILES string of the molecule is CC#Cc1cc(F)c(C2C(=O)CC3(CCOCC3)CC2O)c(OC)c1. The van der Waals surface area contributed by atoms with E-state index in [1.54, 1.807) is 13.0 Å². The molecule has 2 unspecified atom stereocenters. The number of carbonyl (C=O) groups is 1. The van der Waals surface area contributed by atoms with Crippen molar-refractivity contribution in [3.8, 4) is 17.6 Å². The van der Waals surface area contributed by atoms with Gasteiger partial charge in [0.25, 0.3) is 0 Å². The predicted molar refractivity (Wildman–Crippen MR) is 91.0 cm³/mol. The maximum Gasteiger partial charge on any atom is 0.143 e. The highest BCUT2D eigenvalue weighted by atomic mass is 19.1. The molecule has 1 N–H and O–H groups in total. The summed E-state index contributed by atoms with van der Waals surface area (Å²) >= 11 is 0. The first kappa shape index (κ1) is 17.9. The Morgan fingerprint density at radius 2 is 2.08 bits per heavy atom. The summed E-state index contributed by atoms with van der Waals surface area (Å²) in [5.41, 5.74) is 0.408. The standard InChI is InChI=1S/C20H23FO4/c1-3-4-13-9-14(21)18(17(10-13)24-2)19-15(22)11-20(12-16(19)23)5-7-25-8-6-20/h9-10,15,19,22H,5-8,11-12H2,1-2H3. The van der Waals surface area contributed by atoms with Crippen LogP contribution in [0.1, 0.15) is 49.7 Å². The van der Waals surface area contributed by atoms with E-state index >= 15 is 0 Å². The molecule has 0 bridgehead atoms. The van der Waals surface area contributed by atoms with Crippen molar-refractivity contribution < 1.29 is 23.8 Å². The molecule has 5 heteroatoms. The van der Waals surface area contributed by atoms with Gasteiger partial charge in [0.2, 0.25) is 0 Å². The maximum absolute atomic E-state index is 14.8. The summed E-state index contributed by atoms with van der Waals surface area (Å²) in [5.74, 6) is 4.18. The Kier molecular flexibility index (Phi) is 5.12. The van der Waals surface area contributed by atoms with Gasteiger partial charge in [0.05, 0.1) is 19.1 Å². The van der Waals surface area contributed by atoms with Crippen LogP contribution in [-0.4, -0.2) is 37.3 Å². The minimum Gasteiger partial charge on any atom is -0.496 e. The van der Waals surface area contributed by atoms with Gasteiger partial charge >= 0.3 is 0 Å². The van der Waals surface area contributed by atoms with Crippen LogP contribution in [0.5, 0.6) is 5.75 Å². The topological polar surface area (TPSA) is 55.8 Å². The second-order valence-electron chi connectivity index (χ2n) is 6.95. The fourth-order valence-corrected chi connectivity index (χ4v) is 4.15. The van der Waals surface area contributed by atoms with E-state index in [-0.39, 0.29) is 22.5 Å². The number of aliphatic hydroxyl groups is 1. The van der Waals surface area contributed by atoms with E-state index < -0.39 is 17.8 Å². The van der Waals surface area contributed by atoms with E-state index in [0.717, 1.165) is 12.8 Å². The van der Waals surface area contributed by atoms with Crippen LogP contribution in [0.25, 0.3) is 0 Å². The number of ether oxygens (including phenoxy) is 2. The van der Waals surface area contributed by atoms with Crippen LogP contribution in [-0.2, 0) is 9.53 Å². The molecule has 4 nitrogen and oxygen atoms in total. The van der Waals surface area contributed by atoms with Crippen molar-refractivity contribution in [3.05, 3.63) is 29.1 Å². The number of halogens is 1. The lowest BCUT2D eigenvalue weighted by atomic mass is 9.63. The summed E-state index contributed by atoms with van der Waals surface area (Å²) in [6.45, 7) is 2.87. The Bertz CT molecular complexity index is 725. The highest BCUT2D eigenvalue weighted by molar-refractivity contribution is 5.89. The molecule has 0 amide bonds. The van der Waals surface area contributed by atoms with E-state index in [4.69, 9.17) is 9.47 Å². The molecule has 0 radical (unpaired) electrons. The molecule has 3 rings (SSSR count). The number of hydrogen-bond donors (Lipinski definition) is 1. The first-order valence-corrected chi connectivity index (χ1v) is 8.58. The van der Waals surface area contributed by atoms with Crippen molar-refractivity contribution in [1.82, 2.24) is 0 Å². The molecule has 1 aliphatic carbocycles. The normalized spacial score (nSPS) is 25.4. The number of Topliss-reactive ketones (excluding diaryl/α,β-unsaturated/α-hetero) is 1. The zero-order valence-corrected chi connectivity index (χ0v) is 14.6. The van der Waals surface area contributed by atoms with Gasteiger partial charge in [-0.3, -0.25) is 4.79 Å². The number of ketones is 1. The minimum absolute atomic E-state index is 0.132. The van der Waals surface area contributed by atoms with Crippen LogP contribution in [0.15, 0.2) is 12.1 Å². The Morgan fingerprint density at radius 1 is 1.36 bits per heavy atom. The summed E-state index contributed by atoms with van der Waals surface area (Å²) in [4.78, 5) is 12.9. The minimum atomic E-state index is -0.925. The number of hydrogen-bond acceptors (Lipinski definition) is 4. The van der Waals surface area contributed by atoms with Crippen LogP contribution in [0.3, 0.4) is 0 Å². The van der Waals surface area contributed by atoms with Crippen molar-refractivity contribution in [2.45, 2.75) is 44.6 Å². The van der Waals surface area contributed by atoms with E-state index in [2.05, 4.69) is 11.8 Å². The van der Waals surface area contributed by atoms with Gasteiger partial charge in [-0.2, -0.15) is 0 Å². The van der Waals surface area contributed by atoms with Crippen molar-refractivity contribution in [1.29, 1.82) is 0 Å². The molecule has 25 heavy (non-hydrogen) atoms. The van der Waals surface area contributed by atoms with Crippen molar-refractivity contribution in [2.24, 2.45) is 5.41 Å². The van der Waals surface area contributed by atoms with Gasteiger partial charge in [-0.25, -0.2) is 4.39 Å². The number of benzene rings is 1. The summed E-state index contributed by atoms with van der Waals surface area (Å²) < 4.78 is 25.4. The quantitative estimate of drug-likeness (QED) is 0.837. The number of methoxy groups -OCH3 is 1. The lowest BCUT2D eigenvalue weighted by Crippen LogP contribution is -2.45. The molecule has 134 valence electrons. The number of carbonyl (C=O) groups excluding carboxylic acids is 1. The molecule has 2 fully saturated rings. The molecule has 1 heterocycles. The molecule has 1 aromatic carbocycles. The molecule has 0 aromatic heterocycles. The second-order valence-corrected chi connectivity index (χ2v) is 6.95. The largest absolute Gasteiger partial charge is 0.496 e. The van der Waals surface area contributed by atoms with Crippen LogP contribution in [0.4, 0.5) is 4.39 Å². The number of rotatable bonds is 2. The zero-order valence-electron chi connectivity index (χ0n) is 14.6. The first-order valence-electron chi connectivity index (χ1n) is 8.58. The third-order valence-electron chi connectivity index (χ3n) is 5.37. The predicted octanol–water partition coefficient (Wildman–Crippen LogP) is 2.81.